The zero-order valence-electron chi connectivity index (χ0n) is 10.9. The second-order valence-corrected chi connectivity index (χ2v) is 5.51. The third-order valence-corrected chi connectivity index (χ3v) is 4.74. The van der Waals surface area contributed by atoms with Crippen molar-refractivity contribution in [2.45, 2.75) is 57.6 Å². The zero-order valence-corrected chi connectivity index (χ0v) is 10.9. The van der Waals surface area contributed by atoms with Crippen molar-refractivity contribution in [2.24, 2.45) is 5.41 Å². The lowest BCUT2D eigenvalue weighted by Gasteiger charge is -2.44. The smallest absolute Gasteiger partial charge is 0.222 e. The maximum absolute atomic E-state index is 11.4. The lowest BCUT2D eigenvalue weighted by Crippen LogP contribution is -2.40. The molecule has 0 aromatic heterocycles. The van der Waals surface area contributed by atoms with Crippen molar-refractivity contribution in [1.29, 1.82) is 0 Å². The Morgan fingerprint density at radius 3 is 2.71 bits per heavy atom. The van der Waals surface area contributed by atoms with Gasteiger partial charge < -0.3 is 10.0 Å². The molecule has 2 atom stereocenters. The Kier molecular flexibility index (Phi) is 3.57. The van der Waals surface area contributed by atoms with Crippen LogP contribution in [0.15, 0.2) is 12.2 Å². The standard InChI is InChI=1S/C14H23NO2/c1-3-14(9-4-10-14)12(16)7-5-11-6-8-13(17)15(11)2/h5,7,11-12,16H,3-4,6,8-10H2,1-2H3/b7-5+. The normalized spacial score (nSPS) is 29.7. The molecule has 0 aromatic rings. The van der Waals surface area contributed by atoms with Crippen molar-refractivity contribution >= 4 is 5.91 Å². The van der Waals surface area contributed by atoms with Gasteiger partial charge in [-0.1, -0.05) is 25.5 Å². The first kappa shape index (κ1) is 12.6. The second kappa shape index (κ2) is 4.81. The molecule has 3 heteroatoms. The minimum absolute atomic E-state index is 0.123. The van der Waals surface area contributed by atoms with Crippen molar-refractivity contribution < 1.29 is 9.90 Å². The number of nitrogens with zero attached hydrogens (tertiary/aromatic N) is 1. The molecule has 1 aliphatic heterocycles. The monoisotopic (exact) mass is 237 g/mol. The molecule has 2 unspecified atom stereocenters. The van der Waals surface area contributed by atoms with Crippen LogP contribution in [0.5, 0.6) is 0 Å². The van der Waals surface area contributed by atoms with Crippen LogP contribution in [0.25, 0.3) is 0 Å². The van der Waals surface area contributed by atoms with Crippen molar-refractivity contribution in [2.75, 3.05) is 7.05 Å². The molecule has 2 fully saturated rings. The maximum Gasteiger partial charge on any atom is 0.222 e. The fraction of sp³-hybridized carbons (Fsp3) is 0.786. The van der Waals surface area contributed by atoms with E-state index in [0.717, 1.165) is 25.7 Å². The number of likely N-dealkylation sites (tertiary alicyclic amines) is 1. The van der Waals surface area contributed by atoms with Gasteiger partial charge in [-0.3, -0.25) is 4.79 Å². The fourth-order valence-corrected chi connectivity index (χ4v) is 2.98. The lowest BCUT2D eigenvalue weighted by atomic mass is 9.63. The summed E-state index contributed by atoms with van der Waals surface area (Å²) in [7, 11) is 1.84. The molecule has 0 spiro atoms. The average Bonchev–Trinajstić information content (AvgIpc) is 2.56. The van der Waals surface area contributed by atoms with Gasteiger partial charge in [-0.05, 0) is 31.1 Å². The number of carbonyl (C=O) groups excluding carboxylic acids is 1. The van der Waals surface area contributed by atoms with Crippen LogP contribution in [0.4, 0.5) is 0 Å². The Bertz CT molecular complexity index is 315. The first-order chi connectivity index (χ1) is 8.09. The minimum Gasteiger partial charge on any atom is -0.388 e. The minimum atomic E-state index is -0.342. The highest BCUT2D eigenvalue weighted by atomic mass is 16.3. The Hall–Kier alpha value is -0.830. The molecule has 1 N–H and O–H groups in total. The van der Waals surface area contributed by atoms with E-state index in [4.69, 9.17) is 0 Å². The number of carbonyl (C=O) groups is 1. The number of hydrogen-bond acceptors (Lipinski definition) is 2. The van der Waals surface area contributed by atoms with E-state index in [1.165, 1.54) is 6.42 Å². The molecule has 0 aromatic carbocycles. The van der Waals surface area contributed by atoms with E-state index in [0.29, 0.717) is 6.42 Å². The summed E-state index contributed by atoms with van der Waals surface area (Å²) < 4.78 is 0. The van der Waals surface area contributed by atoms with Crippen molar-refractivity contribution in [3.05, 3.63) is 12.2 Å². The molecule has 96 valence electrons. The fourth-order valence-electron chi connectivity index (χ4n) is 2.98. The average molecular weight is 237 g/mol. The second-order valence-electron chi connectivity index (χ2n) is 5.51. The summed E-state index contributed by atoms with van der Waals surface area (Å²) in [6.07, 6.45) is 9.66. The predicted octanol–water partition coefficient (Wildman–Crippen LogP) is 2.10. The first-order valence-electron chi connectivity index (χ1n) is 6.71. The molecule has 1 amide bonds. The number of likely N-dealkylation sites (N-methyl/N-ethyl adjacent to an activating group) is 1. The molecule has 17 heavy (non-hydrogen) atoms. The Morgan fingerprint density at radius 2 is 2.29 bits per heavy atom. The van der Waals surface area contributed by atoms with Gasteiger partial charge in [0.25, 0.3) is 0 Å². The van der Waals surface area contributed by atoms with Gasteiger partial charge in [-0.2, -0.15) is 0 Å². The highest BCUT2D eigenvalue weighted by Crippen LogP contribution is 2.47. The summed E-state index contributed by atoms with van der Waals surface area (Å²) in [6, 6.07) is 0.186. The summed E-state index contributed by atoms with van der Waals surface area (Å²) >= 11 is 0. The summed E-state index contributed by atoms with van der Waals surface area (Å²) in [5.41, 5.74) is 0.123. The van der Waals surface area contributed by atoms with Crippen LogP contribution < -0.4 is 0 Å². The quantitative estimate of drug-likeness (QED) is 0.761. The number of hydrogen-bond donors (Lipinski definition) is 1. The van der Waals surface area contributed by atoms with Crippen molar-refractivity contribution in [1.82, 2.24) is 4.90 Å². The van der Waals surface area contributed by atoms with Gasteiger partial charge in [-0.25, -0.2) is 0 Å². The van der Waals surface area contributed by atoms with Crippen LogP contribution >= 0.6 is 0 Å². The third-order valence-electron chi connectivity index (χ3n) is 4.74. The Balaban J connectivity index is 1.94. The first-order valence-corrected chi connectivity index (χ1v) is 6.71. The van der Waals surface area contributed by atoms with Crippen molar-refractivity contribution in [3.63, 3.8) is 0 Å². The highest BCUT2D eigenvalue weighted by molar-refractivity contribution is 5.78. The summed E-state index contributed by atoms with van der Waals surface area (Å²) in [5.74, 6) is 0.211. The number of aliphatic hydroxyl groups is 1. The van der Waals surface area contributed by atoms with E-state index >= 15 is 0 Å². The van der Waals surface area contributed by atoms with Crippen LogP contribution in [-0.2, 0) is 4.79 Å². The van der Waals surface area contributed by atoms with E-state index < -0.39 is 0 Å². The van der Waals surface area contributed by atoms with Gasteiger partial charge in [0.15, 0.2) is 0 Å². The van der Waals surface area contributed by atoms with E-state index in [-0.39, 0.29) is 23.5 Å². The molecule has 1 saturated carbocycles. The van der Waals surface area contributed by atoms with Gasteiger partial charge in [0, 0.05) is 13.5 Å². The lowest BCUT2D eigenvalue weighted by molar-refractivity contribution is -0.127. The van der Waals surface area contributed by atoms with E-state index in [2.05, 4.69) is 6.92 Å². The summed E-state index contributed by atoms with van der Waals surface area (Å²) in [4.78, 5) is 13.2. The van der Waals surface area contributed by atoms with E-state index in [1.54, 1.807) is 4.90 Å². The summed E-state index contributed by atoms with van der Waals surface area (Å²) in [6.45, 7) is 2.15. The molecule has 2 aliphatic rings. The van der Waals surface area contributed by atoms with E-state index in [9.17, 15) is 9.90 Å². The maximum atomic E-state index is 11.4. The van der Waals surface area contributed by atoms with E-state index in [1.807, 2.05) is 19.2 Å². The van der Waals surface area contributed by atoms with Gasteiger partial charge in [0.2, 0.25) is 5.91 Å². The van der Waals surface area contributed by atoms with Crippen LogP contribution in [0.1, 0.15) is 45.4 Å². The topological polar surface area (TPSA) is 40.5 Å². The van der Waals surface area contributed by atoms with Crippen LogP contribution in [0.3, 0.4) is 0 Å². The molecule has 1 aliphatic carbocycles. The molecule has 1 saturated heterocycles. The zero-order chi connectivity index (χ0) is 12.5. The van der Waals surface area contributed by atoms with Crippen molar-refractivity contribution in [3.8, 4) is 0 Å². The third kappa shape index (κ3) is 2.25. The SMILES string of the molecule is CCC1(C(O)/C=C/C2CCC(=O)N2C)CCC1. The van der Waals surface area contributed by atoms with Gasteiger partial charge in [0.05, 0.1) is 12.1 Å². The van der Waals surface area contributed by atoms with Crippen LogP contribution in [0.2, 0.25) is 0 Å². The Labute approximate surface area is 103 Å². The number of aliphatic hydroxyl groups excluding tert-OH is 1. The van der Waals surface area contributed by atoms with Crippen LogP contribution in [0, 0.1) is 5.41 Å². The molecular formula is C14H23NO2. The van der Waals surface area contributed by atoms with Gasteiger partial charge >= 0.3 is 0 Å². The predicted molar refractivity (Wildman–Crippen MR) is 67.5 cm³/mol. The molecule has 2 rings (SSSR count). The summed E-state index contributed by atoms with van der Waals surface area (Å²) in [5, 5.41) is 10.2. The molecule has 1 heterocycles. The number of amides is 1. The van der Waals surface area contributed by atoms with Gasteiger partial charge in [-0.15, -0.1) is 0 Å². The largest absolute Gasteiger partial charge is 0.388 e. The number of rotatable bonds is 4. The van der Waals surface area contributed by atoms with Crippen LogP contribution in [-0.4, -0.2) is 35.1 Å². The molecule has 0 bridgehead atoms. The molecule has 0 radical (unpaired) electrons. The molecule has 3 nitrogen and oxygen atoms in total. The Morgan fingerprint density at radius 1 is 1.59 bits per heavy atom. The molecular weight excluding hydrogens is 214 g/mol. The highest BCUT2D eigenvalue weighted by Gasteiger charge is 2.40. The van der Waals surface area contributed by atoms with Gasteiger partial charge in [0.1, 0.15) is 0 Å².